The molecule has 0 bridgehead atoms. The lowest BCUT2D eigenvalue weighted by atomic mass is 9.95. The molecule has 2 aromatic rings. The monoisotopic (exact) mass is 267 g/mol. The van der Waals surface area contributed by atoms with E-state index in [1.54, 1.807) is 6.07 Å². The van der Waals surface area contributed by atoms with E-state index in [0.29, 0.717) is 11.3 Å². The van der Waals surface area contributed by atoms with E-state index in [-0.39, 0.29) is 5.78 Å². The minimum absolute atomic E-state index is 0.126. The molecule has 20 heavy (non-hydrogen) atoms. The summed E-state index contributed by atoms with van der Waals surface area (Å²) < 4.78 is 0. The fourth-order valence-corrected chi connectivity index (χ4v) is 2.10. The summed E-state index contributed by atoms with van der Waals surface area (Å²) >= 11 is 0. The van der Waals surface area contributed by atoms with Crippen molar-refractivity contribution < 1.29 is 9.63 Å². The van der Waals surface area contributed by atoms with Crippen LogP contribution >= 0.6 is 0 Å². The lowest BCUT2D eigenvalue weighted by molar-refractivity contribution is 0.105. The summed E-state index contributed by atoms with van der Waals surface area (Å²) in [7, 11) is 1.45. The van der Waals surface area contributed by atoms with E-state index in [1.807, 2.05) is 56.3 Å². The van der Waals surface area contributed by atoms with Gasteiger partial charge in [0.2, 0.25) is 5.78 Å². The van der Waals surface area contributed by atoms with E-state index in [0.717, 1.165) is 16.7 Å². The maximum Gasteiger partial charge on any atom is 0.215 e. The molecule has 3 nitrogen and oxygen atoms in total. The summed E-state index contributed by atoms with van der Waals surface area (Å²) in [5.41, 5.74) is 3.69. The Morgan fingerprint density at radius 1 is 0.900 bits per heavy atom. The Bertz CT molecular complexity index is 660. The molecule has 0 aromatic heterocycles. The first-order valence-electron chi connectivity index (χ1n) is 6.42. The molecule has 0 heterocycles. The Balaban J connectivity index is 2.51. The normalized spacial score (nSPS) is 11.2. The number of benzene rings is 2. The number of hydrogen-bond acceptors (Lipinski definition) is 3. The number of carbonyl (C=O) groups is 1. The quantitative estimate of drug-likeness (QED) is 0.483. The predicted octanol–water partition coefficient (Wildman–Crippen LogP) is 3.54. The molecule has 0 aliphatic rings. The molecule has 0 amide bonds. The third kappa shape index (κ3) is 2.77. The third-order valence-electron chi connectivity index (χ3n) is 3.19. The van der Waals surface area contributed by atoms with E-state index in [9.17, 15) is 4.79 Å². The second-order valence-electron chi connectivity index (χ2n) is 4.58. The molecule has 0 aliphatic carbocycles. The van der Waals surface area contributed by atoms with Crippen molar-refractivity contribution in [3.8, 4) is 0 Å². The highest BCUT2D eigenvalue weighted by molar-refractivity contribution is 6.51. The Kier molecular flexibility index (Phi) is 4.31. The van der Waals surface area contributed by atoms with Crippen LogP contribution in [0.3, 0.4) is 0 Å². The van der Waals surface area contributed by atoms with Gasteiger partial charge in [-0.25, -0.2) is 0 Å². The van der Waals surface area contributed by atoms with Crippen LogP contribution in [0.4, 0.5) is 0 Å². The number of ketones is 1. The molecule has 102 valence electrons. The Morgan fingerprint density at radius 2 is 1.40 bits per heavy atom. The molecule has 0 atom stereocenters. The van der Waals surface area contributed by atoms with E-state index < -0.39 is 0 Å². The average Bonchev–Trinajstić information content (AvgIpc) is 2.46. The molecule has 0 aliphatic heterocycles. The van der Waals surface area contributed by atoms with Crippen molar-refractivity contribution in [3.05, 3.63) is 70.8 Å². The standard InChI is InChI=1S/C17H17NO2/c1-12-8-4-6-10-14(12)16(18-20-3)17(19)15-11-7-5-9-13(15)2/h4-11H,1-3H3. The molecule has 2 rings (SSSR count). The zero-order chi connectivity index (χ0) is 14.5. The summed E-state index contributed by atoms with van der Waals surface area (Å²) in [5, 5.41) is 3.94. The van der Waals surface area contributed by atoms with Gasteiger partial charge in [-0.1, -0.05) is 53.7 Å². The van der Waals surface area contributed by atoms with Crippen molar-refractivity contribution in [2.45, 2.75) is 13.8 Å². The number of carbonyl (C=O) groups excluding carboxylic acids is 1. The number of oxime groups is 1. The maximum atomic E-state index is 12.7. The molecule has 0 fully saturated rings. The average molecular weight is 267 g/mol. The van der Waals surface area contributed by atoms with Gasteiger partial charge in [0.25, 0.3) is 0 Å². The molecule has 0 saturated carbocycles. The second kappa shape index (κ2) is 6.15. The molecule has 0 spiro atoms. The molecule has 0 radical (unpaired) electrons. The van der Waals surface area contributed by atoms with Gasteiger partial charge in [-0.2, -0.15) is 0 Å². The Morgan fingerprint density at radius 3 is 1.90 bits per heavy atom. The van der Waals surface area contributed by atoms with E-state index in [1.165, 1.54) is 7.11 Å². The zero-order valence-corrected chi connectivity index (χ0v) is 11.9. The van der Waals surface area contributed by atoms with Crippen LogP contribution in [0, 0.1) is 13.8 Å². The van der Waals surface area contributed by atoms with Gasteiger partial charge < -0.3 is 4.84 Å². The van der Waals surface area contributed by atoms with Gasteiger partial charge in [0.15, 0.2) is 5.71 Å². The van der Waals surface area contributed by atoms with Crippen LogP contribution in [0.15, 0.2) is 53.7 Å². The number of Topliss-reactive ketones (excluding diaryl/α,β-unsaturated/α-hetero) is 1. The highest BCUT2D eigenvalue weighted by Crippen LogP contribution is 2.15. The fourth-order valence-electron chi connectivity index (χ4n) is 2.10. The summed E-state index contributed by atoms with van der Waals surface area (Å²) in [6.07, 6.45) is 0. The summed E-state index contributed by atoms with van der Waals surface area (Å²) in [6, 6.07) is 15.1. The molecular weight excluding hydrogens is 250 g/mol. The number of nitrogens with zero attached hydrogens (tertiary/aromatic N) is 1. The van der Waals surface area contributed by atoms with E-state index in [2.05, 4.69) is 5.16 Å². The van der Waals surface area contributed by atoms with Gasteiger partial charge in [0.1, 0.15) is 7.11 Å². The maximum absolute atomic E-state index is 12.7. The first-order chi connectivity index (χ1) is 9.65. The minimum Gasteiger partial charge on any atom is -0.399 e. The van der Waals surface area contributed by atoms with Gasteiger partial charge in [-0.3, -0.25) is 4.79 Å². The molecular formula is C17H17NO2. The van der Waals surface area contributed by atoms with Crippen LogP contribution in [-0.4, -0.2) is 18.6 Å². The van der Waals surface area contributed by atoms with Gasteiger partial charge in [0.05, 0.1) is 0 Å². The lowest BCUT2D eigenvalue weighted by Crippen LogP contribution is -2.18. The number of hydrogen-bond donors (Lipinski definition) is 0. The summed E-state index contributed by atoms with van der Waals surface area (Å²) in [6.45, 7) is 3.86. The van der Waals surface area contributed by atoms with E-state index in [4.69, 9.17) is 4.84 Å². The van der Waals surface area contributed by atoms with Crippen molar-refractivity contribution >= 4 is 11.5 Å². The van der Waals surface area contributed by atoms with Crippen LogP contribution < -0.4 is 0 Å². The van der Waals surface area contributed by atoms with Crippen molar-refractivity contribution in [1.82, 2.24) is 0 Å². The molecule has 3 heteroatoms. The predicted molar refractivity (Wildman–Crippen MR) is 80.2 cm³/mol. The molecule has 0 N–H and O–H groups in total. The molecule has 0 saturated heterocycles. The fraction of sp³-hybridized carbons (Fsp3) is 0.176. The van der Waals surface area contributed by atoms with Crippen LogP contribution in [-0.2, 0) is 4.84 Å². The second-order valence-corrected chi connectivity index (χ2v) is 4.58. The van der Waals surface area contributed by atoms with Gasteiger partial charge in [0, 0.05) is 11.1 Å². The SMILES string of the molecule is CON=C(C(=O)c1ccccc1C)c1ccccc1C. The van der Waals surface area contributed by atoms with Crippen molar-refractivity contribution in [2.75, 3.05) is 7.11 Å². The smallest absolute Gasteiger partial charge is 0.215 e. The third-order valence-corrected chi connectivity index (χ3v) is 3.19. The van der Waals surface area contributed by atoms with Crippen molar-refractivity contribution in [1.29, 1.82) is 0 Å². The first-order valence-corrected chi connectivity index (χ1v) is 6.42. The minimum atomic E-state index is -0.126. The Hall–Kier alpha value is -2.42. The van der Waals surface area contributed by atoms with Gasteiger partial charge in [-0.15, -0.1) is 0 Å². The first kappa shape index (κ1) is 14.0. The van der Waals surface area contributed by atoms with Gasteiger partial charge in [-0.05, 0) is 25.0 Å². The number of rotatable bonds is 4. The number of aryl methyl sites for hydroxylation is 2. The molecule has 0 unspecified atom stereocenters. The van der Waals surface area contributed by atoms with Gasteiger partial charge >= 0.3 is 0 Å². The molecule has 2 aromatic carbocycles. The van der Waals surface area contributed by atoms with Crippen LogP contribution in [0.5, 0.6) is 0 Å². The van der Waals surface area contributed by atoms with Crippen LogP contribution in [0.1, 0.15) is 27.0 Å². The van der Waals surface area contributed by atoms with E-state index >= 15 is 0 Å². The van der Waals surface area contributed by atoms with Crippen molar-refractivity contribution in [2.24, 2.45) is 5.16 Å². The largest absolute Gasteiger partial charge is 0.399 e. The topological polar surface area (TPSA) is 38.7 Å². The lowest BCUT2D eigenvalue weighted by Gasteiger charge is -2.09. The highest BCUT2D eigenvalue weighted by Gasteiger charge is 2.20. The van der Waals surface area contributed by atoms with Crippen molar-refractivity contribution in [3.63, 3.8) is 0 Å². The summed E-state index contributed by atoms with van der Waals surface area (Å²) in [4.78, 5) is 17.6. The highest BCUT2D eigenvalue weighted by atomic mass is 16.6. The Labute approximate surface area is 118 Å². The van der Waals surface area contributed by atoms with Crippen LogP contribution in [0.25, 0.3) is 0 Å². The zero-order valence-electron chi connectivity index (χ0n) is 11.9. The summed E-state index contributed by atoms with van der Waals surface area (Å²) in [5.74, 6) is -0.126. The van der Waals surface area contributed by atoms with Crippen LogP contribution in [0.2, 0.25) is 0 Å².